The first-order chi connectivity index (χ1) is 7.63. The molecule has 3 N–H and O–H groups in total. The van der Waals surface area contributed by atoms with Gasteiger partial charge in [-0.05, 0) is 6.42 Å². The fourth-order valence-electron chi connectivity index (χ4n) is 1.81. The van der Waals surface area contributed by atoms with Gasteiger partial charge >= 0.3 is 0 Å². The number of likely N-dealkylation sites (tertiary alicyclic amines) is 1. The van der Waals surface area contributed by atoms with Crippen LogP contribution in [0.3, 0.4) is 0 Å². The highest BCUT2D eigenvalue weighted by atomic mass is 16.5. The largest absolute Gasteiger partial charge is 0.389 e. The maximum Gasteiger partial charge on any atom is 0.0938 e. The molecule has 1 fully saturated rings. The molecular formula is C11H23NO4. The first-order valence-corrected chi connectivity index (χ1v) is 5.97. The molecule has 1 saturated heterocycles. The molecule has 0 radical (unpaired) electrons. The van der Waals surface area contributed by atoms with Crippen molar-refractivity contribution in [2.24, 2.45) is 0 Å². The van der Waals surface area contributed by atoms with Crippen LogP contribution in [0, 0.1) is 0 Å². The third kappa shape index (κ3) is 4.76. The Balaban J connectivity index is 2.08. The number of hydrogen-bond donors (Lipinski definition) is 3. The number of ether oxygens (including phenoxy) is 1. The van der Waals surface area contributed by atoms with Crippen molar-refractivity contribution in [1.82, 2.24) is 4.90 Å². The molecule has 0 aromatic carbocycles. The highest BCUT2D eigenvalue weighted by molar-refractivity contribution is 4.84. The van der Waals surface area contributed by atoms with Crippen molar-refractivity contribution >= 4 is 0 Å². The second kappa shape index (κ2) is 7.19. The van der Waals surface area contributed by atoms with Crippen LogP contribution in [-0.2, 0) is 4.74 Å². The van der Waals surface area contributed by atoms with E-state index in [0.717, 1.165) is 12.8 Å². The van der Waals surface area contributed by atoms with Crippen molar-refractivity contribution in [2.75, 3.05) is 32.8 Å². The van der Waals surface area contributed by atoms with Gasteiger partial charge in [0.1, 0.15) is 0 Å². The third-order valence-corrected chi connectivity index (χ3v) is 2.76. The van der Waals surface area contributed by atoms with Crippen LogP contribution in [0.2, 0.25) is 0 Å². The molecule has 0 amide bonds. The van der Waals surface area contributed by atoms with Crippen LogP contribution in [0.15, 0.2) is 0 Å². The first-order valence-electron chi connectivity index (χ1n) is 5.97. The molecule has 1 heterocycles. The van der Waals surface area contributed by atoms with Gasteiger partial charge in [0, 0.05) is 26.2 Å². The normalized spacial score (nSPS) is 28.5. The van der Waals surface area contributed by atoms with Crippen LogP contribution in [-0.4, -0.2) is 71.4 Å². The van der Waals surface area contributed by atoms with Crippen LogP contribution >= 0.6 is 0 Å². The Morgan fingerprint density at radius 1 is 1.31 bits per heavy atom. The summed E-state index contributed by atoms with van der Waals surface area (Å²) in [6.45, 7) is 4.38. The van der Waals surface area contributed by atoms with Crippen LogP contribution in [0.5, 0.6) is 0 Å². The second-order valence-electron chi connectivity index (χ2n) is 4.44. The first kappa shape index (κ1) is 13.9. The Bertz CT molecular complexity index is 181. The van der Waals surface area contributed by atoms with Crippen molar-refractivity contribution in [2.45, 2.75) is 38.1 Å². The molecule has 3 atom stereocenters. The topological polar surface area (TPSA) is 73.2 Å². The Kier molecular flexibility index (Phi) is 6.23. The fraction of sp³-hybridized carbons (Fsp3) is 1.00. The van der Waals surface area contributed by atoms with Gasteiger partial charge in [-0.3, -0.25) is 4.90 Å². The Labute approximate surface area is 96.6 Å². The van der Waals surface area contributed by atoms with Crippen LogP contribution in [0.1, 0.15) is 19.8 Å². The molecule has 0 spiro atoms. The summed E-state index contributed by atoms with van der Waals surface area (Å²) in [4.78, 5) is 1.85. The second-order valence-corrected chi connectivity index (χ2v) is 4.44. The lowest BCUT2D eigenvalue weighted by atomic mass is 10.3. The van der Waals surface area contributed by atoms with Gasteiger partial charge in [0.25, 0.3) is 0 Å². The molecule has 1 aliphatic heterocycles. The lowest BCUT2D eigenvalue weighted by molar-refractivity contribution is 0.0175. The number of β-amino-alcohol motifs (C(OH)–C–C–N with tert-alkyl or cyclic N) is 3. The molecule has 16 heavy (non-hydrogen) atoms. The van der Waals surface area contributed by atoms with Gasteiger partial charge in [-0.25, -0.2) is 0 Å². The van der Waals surface area contributed by atoms with E-state index in [9.17, 15) is 15.3 Å². The van der Waals surface area contributed by atoms with Gasteiger partial charge in [0.2, 0.25) is 0 Å². The maximum atomic E-state index is 9.65. The van der Waals surface area contributed by atoms with E-state index in [1.165, 1.54) is 0 Å². The number of aliphatic hydroxyl groups is 3. The predicted octanol–water partition coefficient (Wildman–Crippen LogP) is -0.799. The van der Waals surface area contributed by atoms with Gasteiger partial charge in [0.15, 0.2) is 0 Å². The summed E-state index contributed by atoms with van der Waals surface area (Å²) in [6.07, 6.45) is 0.171. The fourth-order valence-corrected chi connectivity index (χ4v) is 1.81. The maximum absolute atomic E-state index is 9.65. The molecule has 1 unspecified atom stereocenters. The van der Waals surface area contributed by atoms with Crippen LogP contribution in [0.25, 0.3) is 0 Å². The van der Waals surface area contributed by atoms with Crippen molar-refractivity contribution < 1.29 is 20.1 Å². The molecular weight excluding hydrogens is 210 g/mol. The van der Waals surface area contributed by atoms with Gasteiger partial charge in [-0.2, -0.15) is 0 Å². The molecule has 96 valence electrons. The number of nitrogens with zero attached hydrogens (tertiary/aromatic N) is 1. The molecule has 5 heteroatoms. The van der Waals surface area contributed by atoms with Crippen molar-refractivity contribution in [1.29, 1.82) is 0 Å². The van der Waals surface area contributed by atoms with Gasteiger partial charge in [-0.1, -0.05) is 13.3 Å². The molecule has 0 aromatic heterocycles. The van der Waals surface area contributed by atoms with E-state index < -0.39 is 18.3 Å². The predicted molar refractivity (Wildman–Crippen MR) is 60.2 cm³/mol. The standard InChI is InChI=1S/C11H23NO4/c1-2-3-4-16-8-9(13)5-12-6-10(14)11(15)7-12/h9-11,13-15H,2-8H2,1H3/t9?,10-,11+. The van der Waals surface area contributed by atoms with E-state index in [1.807, 2.05) is 4.90 Å². The Hall–Kier alpha value is -0.200. The van der Waals surface area contributed by atoms with Crippen molar-refractivity contribution in [3.8, 4) is 0 Å². The summed E-state index contributed by atoms with van der Waals surface area (Å²) in [5, 5.41) is 28.3. The molecule has 1 aliphatic rings. The summed E-state index contributed by atoms with van der Waals surface area (Å²) in [6, 6.07) is 0. The smallest absolute Gasteiger partial charge is 0.0938 e. The zero-order valence-corrected chi connectivity index (χ0v) is 9.88. The van der Waals surface area contributed by atoms with Gasteiger partial charge in [0.05, 0.1) is 24.9 Å². The minimum atomic E-state index is -0.687. The average Bonchev–Trinajstić information content (AvgIpc) is 2.53. The summed E-state index contributed by atoms with van der Waals surface area (Å²) in [7, 11) is 0. The lowest BCUT2D eigenvalue weighted by Gasteiger charge is -2.19. The number of rotatable bonds is 7. The minimum Gasteiger partial charge on any atom is -0.389 e. The van der Waals surface area contributed by atoms with E-state index in [-0.39, 0.29) is 0 Å². The number of aliphatic hydroxyl groups excluding tert-OH is 3. The van der Waals surface area contributed by atoms with E-state index in [2.05, 4.69) is 6.92 Å². The number of unbranched alkanes of at least 4 members (excludes halogenated alkanes) is 1. The third-order valence-electron chi connectivity index (χ3n) is 2.76. The van der Waals surface area contributed by atoms with Crippen LogP contribution in [0.4, 0.5) is 0 Å². The number of hydrogen-bond acceptors (Lipinski definition) is 5. The SMILES string of the molecule is CCCCOCC(O)CN1C[C@@H](O)[C@@H](O)C1. The van der Waals surface area contributed by atoms with E-state index in [1.54, 1.807) is 0 Å². The molecule has 0 aromatic rings. The molecule has 0 bridgehead atoms. The van der Waals surface area contributed by atoms with E-state index in [4.69, 9.17) is 4.74 Å². The van der Waals surface area contributed by atoms with Gasteiger partial charge < -0.3 is 20.1 Å². The van der Waals surface area contributed by atoms with Crippen molar-refractivity contribution in [3.05, 3.63) is 0 Å². The zero-order chi connectivity index (χ0) is 12.0. The quantitative estimate of drug-likeness (QED) is 0.502. The Morgan fingerprint density at radius 2 is 1.94 bits per heavy atom. The van der Waals surface area contributed by atoms with Crippen molar-refractivity contribution in [3.63, 3.8) is 0 Å². The summed E-state index contributed by atoms with van der Waals surface area (Å²) < 4.78 is 5.30. The monoisotopic (exact) mass is 233 g/mol. The van der Waals surface area contributed by atoms with Gasteiger partial charge in [-0.15, -0.1) is 0 Å². The molecule has 0 saturated carbocycles. The summed E-state index contributed by atoms with van der Waals surface area (Å²) in [5.41, 5.74) is 0. The molecule has 0 aliphatic carbocycles. The van der Waals surface area contributed by atoms with E-state index >= 15 is 0 Å². The molecule has 1 rings (SSSR count). The lowest BCUT2D eigenvalue weighted by Crippen LogP contribution is -2.34. The average molecular weight is 233 g/mol. The zero-order valence-electron chi connectivity index (χ0n) is 9.88. The highest BCUT2D eigenvalue weighted by Gasteiger charge is 2.30. The highest BCUT2D eigenvalue weighted by Crippen LogP contribution is 2.10. The summed E-state index contributed by atoms with van der Waals surface area (Å²) >= 11 is 0. The minimum absolute atomic E-state index is 0.322. The van der Waals surface area contributed by atoms with E-state index in [0.29, 0.717) is 32.8 Å². The molecule has 5 nitrogen and oxygen atoms in total. The summed E-state index contributed by atoms with van der Waals surface area (Å²) in [5.74, 6) is 0. The van der Waals surface area contributed by atoms with Crippen LogP contribution < -0.4 is 0 Å². The Morgan fingerprint density at radius 3 is 2.50 bits per heavy atom.